The largest absolute Gasteiger partial charge is 0.454 e. The summed E-state index contributed by atoms with van der Waals surface area (Å²) in [6.45, 7) is 0.758. The van der Waals surface area contributed by atoms with E-state index in [9.17, 15) is 4.79 Å². The standard InChI is InChI=1S/C18H16N4O3S/c23-17(5-3-13-2-4-15-16(10-13)25-12-24-15)19-8-6-14-11-26-18(21-14)22-9-1-7-20-22/h1-5,7,9-11H,6,8,12H2,(H,19,23)/b5-3+. The Morgan fingerprint density at radius 1 is 1.35 bits per heavy atom. The third-order valence-corrected chi connectivity index (χ3v) is 4.62. The lowest BCUT2D eigenvalue weighted by molar-refractivity contribution is -0.116. The van der Waals surface area contributed by atoms with Crippen LogP contribution in [0.4, 0.5) is 0 Å². The second-order valence-electron chi connectivity index (χ2n) is 5.56. The molecule has 0 saturated carbocycles. The molecule has 0 aliphatic carbocycles. The van der Waals surface area contributed by atoms with Gasteiger partial charge in [-0.1, -0.05) is 6.07 Å². The maximum absolute atomic E-state index is 11.9. The summed E-state index contributed by atoms with van der Waals surface area (Å²) in [5, 5.41) is 9.81. The maximum Gasteiger partial charge on any atom is 0.244 e. The molecular formula is C18H16N4O3S. The molecule has 8 heteroatoms. The molecule has 3 aromatic rings. The summed E-state index contributed by atoms with van der Waals surface area (Å²) in [5.41, 5.74) is 1.81. The minimum atomic E-state index is -0.148. The van der Waals surface area contributed by atoms with Crippen LogP contribution in [0, 0.1) is 0 Å². The molecule has 0 radical (unpaired) electrons. The lowest BCUT2D eigenvalue weighted by atomic mass is 10.2. The van der Waals surface area contributed by atoms with Crippen LogP contribution in [0.3, 0.4) is 0 Å². The Morgan fingerprint density at radius 3 is 3.15 bits per heavy atom. The van der Waals surface area contributed by atoms with Gasteiger partial charge in [-0.15, -0.1) is 11.3 Å². The van der Waals surface area contributed by atoms with Gasteiger partial charge in [0.05, 0.1) is 5.69 Å². The van der Waals surface area contributed by atoms with E-state index in [1.807, 2.05) is 35.8 Å². The number of hydrogen-bond acceptors (Lipinski definition) is 6. The number of nitrogens with zero attached hydrogens (tertiary/aromatic N) is 3. The van der Waals surface area contributed by atoms with E-state index in [1.165, 1.54) is 17.4 Å². The number of fused-ring (bicyclic) bond motifs is 1. The molecule has 2 aromatic heterocycles. The number of aromatic nitrogens is 3. The topological polar surface area (TPSA) is 78.3 Å². The van der Waals surface area contributed by atoms with E-state index in [0.717, 1.165) is 22.1 Å². The summed E-state index contributed by atoms with van der Waals surface area (Å²) in [5.74, 6) is 1.28. The highest BCUT2D eigenvalue weighted by Crippen LogP contribution is 2.32. The van der Waals surface area contributed by atoms with Gasteiger partial charge in [-0.25, -0.2) is 9.67 Å². The Bertz CT molecular complexity index is 934. The van der Waals surface area contributed by atoms with E-state index in [2.05, 4.69) is 15.4 Å². The van der Waals surface area contributed by atoms with Gasteiger partial charge in [-0.2, -0.15) is 5.10 Å². The molecular weight excluding hydrogens is 352 g/mol. The summed E-state index contributed by atoms with van der Waals surface area (Å²) in [6.07, 6.45) is 7.49. The molecule has 7 nitrogen and oxygen atoms in total. The van der Waals surface area contributed by atoms with Gasteiger partial charge in [0.25, 0.3) is 0 Å². The van der Waals surface area contributed by atoms with E-state index in [1.54, 1.807) is 17.0 Å². The van der Waals surface area contributed by atoms with Crippen molar-refractivity contribution < 1.29 is 14.3 Å². The van der Waals surface area contributed by atoms with Crippen molar-refractivity contribution in [2.24, 2.45) is 0 Å². The minimum Gasteiger partial charge on any atom is -0.454 e. The van der Waals surface area contributed by atoms with Crippen LogP contribution in [0.2, 0.25) is 0 Å². The zero-order chi connectivity index (χ0) is 17.8. The van der Waals surface area contributed by atoms with Crippen molar-refractivity contribution >= 4 is 23.3 Å². The number of carbonyl (C=O) groups is 1. The molecule has 1 N–H and O–H groups in total. The van der Waals surface area contributed by atoms with Crippen LogP contribution in [0.1, 0.15) is 11.3 Å². The molecule has 0 saturated heterocycles. The predicted octanol–water partition coefficient (Wildman–Crippen LogP) is 2.43. The molecule has 132 valence electrons. The van der Waals surface area contributed by atoms with E-state index in [-0.39, 0.29) is 12.7 Å². The number of carbonyl (C=O) groups excluding carboxylic acids is 1. The summed E-state index contributed by atoms with van der Waals surface area (Å²) in [4.78, 5) is 16.4. The molecule has 0 spiro atoms. The highest BCUT2D eigenvalue weighted by molar-refractivity contribution is 7.12. The average Bonchev–Trinajstić information content (AvgIpc) is 3.39. The van der Waals surface area contributed by atoms with Crippen LogP contribution in [0.15, 0.2) is 48.1 Å². The van der Waals surface area contributed by atoms with Gasteiger partial charge in [0, 0.05) is 36.8 Å². The average molecular weight is 368 g/mol. The van der Waals surface area contributed by atoms with Crippen molar-refractivity contribution in [3.63, 3.8) is 0 Å². The van der Waals surface area contributed by atoms with Gasteiger partial charge in [-0.05, 0) is 29.8 Å². The van der Waals surface area contributed by atoms with Crippen molar-refractivity contribution in [3.05, 3.63) is 59.4 Å². The van der Waals surface area contributed by atoms with E-state index < -0.39 is 0 Å². The fraction of sp³-hybridized carbons (Fsp3) is 0.167. The minimum absolute atomic E-state index is 0.148. The van der Waals surface area contributed by atoms with Crippen LogP contribution >= 0.6 is 11.3 Å². The van der Waals surface area contributed by atoms with Crippen molar-refractivity contribution in [1.29, 1.82) is 0 Å². The lowest BCUT2D eigenvalue weighted by Gasteiger charge is -2.01. The van der Waals surface area contributed by atoms with Gasteiger partial charge >= 0.3 is 0 Å². The van der Waals surface area contributed by atoms with E-state index >= 15 is 0 Å². The van der Waals surface area contributed by atoms with Crippen molar-refractivity contribution in [1.82, 2.24) is 20.1 Å². The monoisotopic (exact) mass is 368 g/mol. The van der Waals surface area contributed by atoms with Gasteiger partial charge in [0.1, 0.15) is 0 Å². The number of hydrogen-bond donors (Lipinski definition) is 1. The highest BCUT2D eigenvalue weighted by Gasteiger charge is 2.12. The van der Waals surface area contributed by atoms with Crippen LogP contribution < -0.4 is 14.8 Å². The number of amides is 1. The molecule has 0 bridgehead atoms. The molecule has 0 unspecified atom stereocenters. The first kappa shape index (κ1) is 16.3. The molecule has 26 heavy (non-hydrogen) atoms. The Hall–Kier alpha value is -3.13. The summed E-state index contributed by atoms with van der Waals surface area (Å²) < 4.78 is 12.3. The Morgan fingerprint density at radius 2 is 2.27 bits per heavy atom. The molecule has 4 rings (SSSR count). The van der Waals surface area contributed by atoms with Gasteiger partial charge in [0.15, 0.2) is 11.5 Å². The zero-order valence-electron chi connectivity index (χ0n) is 13.8. The quantitative estimate of drug-likeness (QED) is 0.676. The Labute approximate surface area is 153 Å². The number of ether oxygens (including phenoxy) is 2. The second kappa shape index (κ2) is 7.40. The maximum atomic E-state index is 11.9. The molecule has 1 amide bonds. The van der Waals surface area contributed by atoms with E-state index in [4.69, 9.17) is 9.47 Å². The third-order valence-electron chi connectivity index (χ3n) is 3.74. The normalized spacial score (nSPS) is 12.6. The zero-order valence-corrected chi connectivity index (χ0v) is 14.6. The number of benzene rings is 1. The molecule has 1 aliphatic rings. The third kappa shape index (κ3) is 3.75. The van der Waals surface area contributed by atoms with Crippen LogP contribution in [0.5, 0.6) is 11.5 Å². The summed E-state index contributed by atoms with van der Waals surface area (Å²) in [7, 11) is 0. The fourth-order valence-electron chi connectivity index (χ4n) is 2.46. The van der Waals surface area contributed by atoms with Gasteiger partial charge < -0.3 is 14.8 Å². The van der Waals surface area contributed by atoms with Crippen LogP contribution in [-0.2, 0) is 11.2 Å². The molecule has 0 atom stereocenters. The van der Waals surface area contributed by atoms with Gasteiger partial charge in [-0.3, -0.25) is 4.79 Å². The van der Waals surface area contributed by atoms with Crippen LogP contribution in [-0.4, -0.2) is 34.0 Å². The van der Waals surface area contributed by atoms with Crippen molar-refractivity contribution in [2.75, 3.05) is 13.3 Å². The predicted molar refractivity (Wildman–Crippen MR) is 97.5 cm³/mol. The van der Waals surface area contributed by atoms with Crippen molar-refractivity contribution in [3.8, 4) is 16.6 Å². The summed E-state index contributed by atoms with van der Waals surface area (Å²) >= 11 is 1.52. The first-order valence-corrected chi connectivity index (χ1v) is 8.96. The Kier molecular flexibility index (Phi) is 4.65. The lowest BCUT2D eigenvalue weighted by Crippen LogP contribution is -2.23. The van der Waals surface area contributed by atoms with Crippen molar-refractivity contribution in [2.45, 2.75) is 6.42 Å². The van der Waals surface area contributed by atoms with Gasteiger partial charge in [0.2, 0.25) is 17.8 Å². The molecule has 3 heterocycles. The first-order chi connectivity index (χ1) is 12.8. The summed E-state index contributed by atoms with van der Waals surface area (Å²) in [6, 6.07) is 7.41. The molecule has 0 fully saturated rings. The SMILES string of the molecule is O=C(/C=C/c1ccc2c(c1)OCO2)NCCc1csc(-n2cccn2)n1. The fourth-order valence-corrected chi connectivity index (χ4v) is 3.26. The Balaban J connectivity index is 1.26. The number of nitrogens with one attached hydrogen (secondary N) is 1. The highest BCUT2D eigenvalue weighted by atomic mass is 32.1. The number of thiazole rings is 1. The first-order valence-electron chi connectivity index (χ1n) is 8.08. The second-order valence-corrected chi connectivity index (χ2v) is 6.40. The van der Waals surface area contributed by atoms with E-state index in [0.29, 0.717) is 18.7 Å². The molecule has 1 aromatic carbocycles. The number of rotatable bonds is 6. The smallest absolute Gasteiger partial charge is 0.244 e. The molecule has 1 aliphatic heterocycles. The van der Waals surface area contributed by atoms with Crippen LogP contribution in [0.25, 0.3) is 11.2 Å².